The molecule has 7 heteroatoms. The number of carbonyl (C=O) groups is 3. The number of methoxy groups -OCH3 is 2. The van der Waals surface area contributed by atoms with Gasteiger partial charge in [-0.1, -0.05) is 45.0 Å². The fourth-order valence-corrected chi connectivity index (χ4v) is 5.51. The van der Waals surface area contributed by atoms with Gasteiger partial charge in [0.1, 0.15) is 17.5 Å². The molecule has 176 valence electrons. The van der Waals surface area contributed by atoms with Crippen LogP contribution in [0.15, 0.2) is 48.7 Å². The number of nitrogens with zero attached hydrogens (tertiary/aromatic N) is 2. The summed E-state index contributed by atoms with van der Waals surface area (Å²) in [5.41, 5.74) is 1.59. The zero-order valence-electron chi connectivity index (χ0n) is 19.9. The number of anilines is 1. The lowest BCUT2D eigenvalue weighted by Gasteiger charge is -2.37. The van der Waals surface area contributed by atoms with Gasteiger partial charge in [0, 0.05) is 17.7 Å². The molecule has 2 saturated heterocycles. The molecule has 2 amide bonds. The fourth-order valence-electron chi connectivity index (χ4n) is 5.51. The predicted molar refractivity (Wildman–Crippen MR) is 127 cm³/mol. The van der Waals surface area contributed by atoms with E-state index in [2.05, 4.69) is 0 Å². The van der Waals surface area contributed by atoms with Gasteiger partial charge in [-0.3, -0.25) is 14.4 Å². The molecule has 0 unspecified atom stereocenters. The molecule has 0 aromatic heterocycles. The summed E-state index contributed by atoms with van der Waals surface area (Å²) in [6.07, 6.45) is 3.82. The second-order valence-electron chi connectivity index (χ2n) is 10.00. The van der Waals surface area contributed by atoms with Gasteiger partial charge in [-0.15, -0.1) is 0 Å². The highest BCUT2D eigenvalue weighted by Crippen LogP contribution is 2.55. The van der Waals surface area contributed by atoms with Crippen molar-refractivity contribution in [1.29, 1.82) is 0 Å². The normalized spacial score (nSPS) is 25.2. The van der Waals surface area contributed by atoms with E-state index in [9.17, 15) is 14.4 Å². The van der Waals surface area contributed by atoms with Crippen LogP contribution in [-0.4, -0.2) is 42.8 Å². The van der Waals surface area contributed by atoms with Gasteiger partial charge in [0.05, 0.1) is 37.8 Å². The van der Waals surface area contributed by atoms with Crippen molar-refractivity contribution in [2.24, 2.45) is 17.3 Å². The third kappa shape index (κ3) is 3.06. The largest absolute Gasteiger partial charge is 0.497 e. The lowest BCUT2D eigenvalue weighted by molar-refractivity contribution is -0.135. The highest BCUT2D eigenvalue weighted by molar-refractivity contribution is 6.24. The summed E-state index contributed by atoms with van der Waals surface area (Å²) < 4.78 is 10.8. The number of amides is 2. The summed E-state index contributed by atoms with van der Waals surface area (Å²) in [6.45, 7) is 5.55. The monoisotopic (exact) mass is 460 g/mol. The molecule has 0 N–H and O–H groups in total. The van der Waals surface area contributed by atoms with Gasteiger partial charge >= 0.3 is 0 Å². The van der Waals surface area contributed by atoms with E-state index in [4.69, 9.17) is 9.47 Å². The molecule has 3 aliphatic rings. The van der Waals surface area contributed by atoms with Gasteiger partial charge in [0.15, 0.2) is 5.78 Å². The van der Waals surface area contributed by atoms with Gasteiger partial charge in [-0.05, 0) is 29.3 Å². The summed E-state index contributed by atoms with van der Waals surface area (Å²) in [7, 11) is 3.02. The third-order valence-corrected chi connectivity index (χ3v) is 7.10. The number of hydrogen-bond acceptors (Lipinski definition) is 6. The van der Waals surface area contributed by atoms with E-state index in [0.29, 0.717) is 17.2 Å². The molecule has 7 nitrogen and oxygen atoms in total. The molecule has 2 aromatic rings. The van der Waals surface area contributed by atoms with E-state index in [-0.39, 0.29) is 17.6 Å². The fraction of sp³-hybridized carbons (Fsp3) is 0.370. The highest BCUT2D eigenvalue weighted by Gasteiger charge is 2.65. The van der Waals surface area contributed by atoms with Crippen molar-refractivity contribution in [3.63, 3.8) is 0 Å². The van der Waals surface area contributed by atoms with E-state index in [1.165, 1.54) is 19.1 Å². The number of hydrogen-bond donors (Lipinski definition) is 0. The number of Topliss-reactive ketones (excluding diaryl/α,β-unsaturated/α-hetero) is 1. The standard InChI is InChI=1S/C27H28N2O5/c1-27(2,3)24(30)23-21-20(22-17-9-7-6-8-15(17)12-13-28(22)23)25(31)29(26(21)32)18-14-16(33-4)10-11-19(18)34-5/h6-14,20-23H,1-5H3/t20-,21-,22+,23+/m0/s1. The maximum atomic E-state index is 14.0. The lowest BCUT2D eigenvalue weighted by atomic mass is 9.79. The molecular weight excluding hydrogens is 432 g/mol. The third-order valence-electron chi connectivity index (χ3n) is 7.10. The van der Waals surface area contributed by atoms with Gasteiger partial charge in [0.25, 0.3) is 0 Å². The number of ketones is 1. The lowest BCUT2D eigenvalue weighted by Crippen LogP contribution is -2.47. The van der Waals surface area contributed by atoms with Gasteiger partial charge in [0.2, 0.25) is 11.8 Å². The minimum absolute atomic E-state index is 0.0605. The van der Waals surface area contributed by atoms with Gasteiger partial charge in [-0.25, -0.2) is 4.90 Å². The van der Waals surface area contributed by atoms with Crippen LogP contribution in [0.3, 0.4) is 0 Å². The van der Waals surface area contributed by atoms with Crippen LogP contribution in [0.25, 0.3) is 6.08 Å². The second kappa shape index (κ2) is 7.72. The Morgan fingerprint density at radius 2 is 1.65 bits per heavy atom. The highest BCUT2D eigenvalue weighted by atomic mass is 16.5. The molecule has 4 atom stereocenters. The average molecular weight is 461 g/mol. The number of fused-ring (bicyclic) bond motifs is 5. The van der Waals surface area contributed by atoms with Crippen LogP contribution in [0, 0.1) is 17.3 Å². The van der Waals surface area contributed by atoms with Crippen LogP contribution >= 0.6 is 0 Å². The SMILES string of the molecule is COc1ccc(OC)c(N2C(=O)[C@H]3[C@H](C2=O)[C@H](C(=O)C(C)(C)C)N2C=Cc4ccccc4[C@H]32)c1. The van der Waals surface area contributed by atoms with Crippen molar-refractivity contribution < 1.29 is 23.9 Å². The number of imide groups is 1. The molecule has 0 radical (unpaired) electrons. The molecule has 0 bridgehead atoms. The quantitative estimate of drug-likeness (QED) is 0.646. The van der Waals surface area contributed by atoms with E-state index >= 15 is 0 Å². The summed E-state index contributed by atoms with van der Waals surface area (Å²) >= 11 is 0. The molecule has 0 spiro atoms. The van der Waals surface area contributed by atoms with Crippen molar-refractivity contribution in [3.8, 4) is 11.5 Å². The number of ether oxygens (including phenoxy) is 2. The Hall–Kier alpha value is -3.61. The molecule has 3 aliphatic heterocycles. The van der Waals surface area contributed by atoms with E-state index in [0.717, 1.165) is 11.1 Å². The Labute approximate surface area is 198 Å². The number of benzene rings is 2. The summed E-state index contributed by atoms with van der Waals surface area (Å²) in [4.78, 5) is 44.8. The molecule has 3 heterocycles. The summed E-state index contributed by atoms with van der Waals surface area (Å²) in [6, 6.07) is 11.7. The van der Waals surface area contributed by atoms with Crippen LogP contribution in [0.2, 0.25) is 0 Å². The first kappa shape index (κ1) is 22.2. The smallest absolute Gasteiger partial charge is 0.240 e. The van der Waals surface area contributed by atoms with Crippen LogP contribution in [0.4, 0.5) is 5.69 Å². The molecule has 5 rings (SSSR count). The van der Waals surface area contributed by atoms with Gasteiger partial charge < -0.3 is 14.4 Å². The van der Waals surface area contributed by atoms with Crippen LogP contribution in [-0.2, 0) is 14.4 Å². The first-order valence-electron chi connectivity index (χ1n) is 11.4. The van der Waals surface area contributed by atoms with Crippen molar-refractivity contribution in [2.45, 2.75) is 32.9 Å². The van der Waals surface area contributed by atoms with Crippen molar-refractivity contribution in [2.75, 3.05) is 19.1 Å². The minimum Gasteiger partial charge on any atom is -0.497 e. The summed E-state index contributed by atoms with van der Waals surface area (Å²) in [5.74, 6) is -1.36. The number of carbonyl (C=O) groups excluding carboxylic acids is 3. The topological polar surface area (TPSA) is 76.1 Å². The first-order valence-corrected chi connectivity index (χ1v) is 11.4. The zero-order chi connectivity index (χ0) is 24.4. The van der Waals surface area contributed by atoms with Crippen LogP contribution < -0.4 is 14.4 Å². The molecule has 2 fully saturated rings. The maximum absolute atomic E-state index is 14.0. The van der Waals surface area contributed by atoms with Crippen LogP contribution in [0.1, 0.15) is 37.9 Å². The maximum Gasteiger partial charge on any atom is 0.240 e. The molecular formula is C27H28N2O5. The van der Waals surface area contributed by atoms with E-state index < -0.39 is 29.3 Å². The first-order chi connectivity index (χ1) is 16.2. The Morgan fingerprint density at radius 3 is 2.32 bits per heavy atom. The van der Waals surface area contributed by atoms with Crippen LogP contribution in [0.5, 0.6) is 11.5 Å². The minimum atomic E-state index is -0.795. The average Bonchev–Trinajstić information content (AvgIpc) is 3.30. The summed E-state index contributed by atoms with van der Waals surface area (Å²) in [5, 5.41) is 0. The molecule has 2 aromatic carbocycles. The predicted octanol–water partition coefficient (Wildman–Crippen LogP) is 3.83. The van der Waals surface area contributed by atoms with Crippen molar-refractivity contribution >= 4 is 29.4 Å². The Morgan fingerprint density at radius 1 is 0.941 bits per heavy atom. The molecule has 0 aliphatic carbocycles. The van der Waals surface area contributed by atoms with Gasteiger partial charge in [-0.2, -0.15) is 0 Å². The Balaban J connectivity index is 1.68. The Kier molecular flexibility index (Phi) is 5.04. The molecule has 0 saturated carbocycles. The van der Waals surface area contributed by atoms with E-state index in [1.807, 2.05) is 62.2 Å². The molecule has 34 heavy (non-hydrogen) atoms. The van der Waals surface area contributed by atoms with Crippen molar-refractivity contribution in [1.82, 2.24) is 4.90 Å². The number of rotatable bonds is 4. The zero-order valence-corrected chi connectivity index (χ0v) is 19.9. The Bertz CT molecular complexity index is 1230. The van der Waals surface area contributed by atoms with E-state index in [1.54, 1.807) is 18.2 Å². The second-order valence-corrected chi connectivity index (χ2v) is 10.00. The van der Waals surface area contributed by atoms with Crippen molar-refractivity contribution in [3.05, 3.63) is 59.8 Å².